The summed E-state index contributed by atoms with van der Waals surface area (Å²) in [6.07, 6.45) is 0.498. The summed E-state index contributed by atoms with van der Waals surface area (Å²) in [5.74, 6) is -0.241. The van der Waals surface area contributed by atoms with Crippen LogP contribution in [0.3, 0.4) is 0 Å². The monoisotopic (exact) mass is 212 g/mol. The fraction of sp³-hybridized carbons (Fsp3) is 0.818. The Morgan fingerprint density at radius 3 is 2.33 bits per heavy atom. The molecule has 0 aromatic heterocycles. The maximum Gasteiger partial charge on any atom is 0.240 e. The smallest absolute Gasteiger partial charge is 0.240 e. The minimum Gasteiger partial charge on any atom is -0.382 e. The first-order chi connectivity index (χ1) is 6.81. The van der Waals surface area contributed by atoms with Crippen LogP contribution in [-0.2, 0) is 9.53 Å². The normalized spacial score (nSPS) is 15.2. The molecule has 4 nitrogen and oxygen atoms in total. The molecule has 0 aromatic rings. The Hall–Kier alpha value is -1.08. The molecule has 15 heavy (non-hydrogen) atoms. The molecule has 0 radical (unpaired) electrons. The zero-order valence-corrected chi connectivity index (χ0v) is 10.2. The van der Waals surface area contributed by atoms with Gasteiger partial charge in [-0.2, -0.15) is 5.26 Å². The second-order valence-electron chi connectivity index (χ2n) is 4.57. The number of nitrogens with zero attached hydrogens (tertiary/aromatic N) is 1. The Balaban J connectivity index is 4.56. The van der Waals surface area contributed by atoms with Crippen LogP contribution in [0, 0.1) is 16.7 Å². The average molecular weight is 212 g/mol. The molecule has 0 spiro atoms. The van der Waals surface area contributed by atoms with Crippen LogP contribution in [-0.4, -0.2) is 25.2 Å². The molecule has 0 bridgehead atoms. The molecule has 0 rings (SSSR count). The number of amides is 1. The maximum absolute atomic E-state index is 11.8. The van der Waals surface area contributed by atoms with Crippen LogP contribution in [0.5, 0.6) is 0 Å². The number of hydrogen-bond donors (Lipinski definition) is 1. The van der Waals surface area contributed by atoms with Crippen molar-refractivity contribution in [2.24, 2.45) is 5.41 Å². The van der Waals surface area contributed by atoms with Crippen LogP contribution in [0.25, 0.3) is 0 Å². The van der Waals surface area contributed by atoms with E-state index < -0.39 is 11.0 Å². The first kappa shape index (κ1) is 13.9. The minimum atomic E-state index is -0.953. The van der Waals surface area contributed by atoms with E-state index in [1.807, 2.05) is 26.8 Å². The molecule has 0 fully saturated rings. The zero-order valence-electron chi connectivity index (χ0n) is 10.2. The van der Waals surface area contributed by atoms with Gasteiger partial charge in [0.2, 0.25) is 5.91 Å². The molecule has 0 aliphatic heterocycles. The molecule has 0 saturated carbocycles. The summed E-state index contributed by atoms with van der Waals surface area (Å²) in [4.78, 5) is 11.8. The van der Waals surface area contributed by atoms with E-state index in [9.17, 15) is 4.79 Å². The second kappa shape index (κ2) is 5.13. The van der Waals surface area contributed by atoms with Crippen LogP contribution < -0.4 is 5.32 Å². The molecule has 86 valence electrons. The van der Waals surface area contributed by atoms with Gasteiger partial charge in [0.25, 0.3) is 0 Å². The van der Waals surface area contributed by atoms with Crippen LogP contribution in [0.2, 0.25) is 0 Å². The summed E-state index contributed by atoms with van der Waals surface area (Å²) < 4.78 is 4.99. The van der Waals surface area contributed by atoms with E-state index in [0.717, 1.165) is 0 Å². The number of nitriles is 1. The van der Waals surface area contributed by atoms with Crippen molar-refractivity contribution in [2.75, 3.05) is 13.7 Å². The lowest BCUT2D eigenvalue weighted by atomic mass is 9.87. The molecule has 1 unspecified atom stereocenters. The summed E-state index contributed by atoms with van der Waals surface area (Å²) in [5.41, 5.74) is -1.40. The number of methoxy groups -OCH3 is 1. The Kier molecular flexibility index (Phi) is 4.76. The first-order valence-corrected chi connectivity index (χ1v) is 5.04. The van der Waals surface area contributed by atoms with E-state index in [1.54, 1.807) is 14.0 Å². The predicted molar refractivity (Wildman–Crippen MR) is 58.1 cm³/mol. The Morgan fingerprint density at radius 1 is 1.47 bits per heavy atom. The third-order valence-electron chi connectivity index (χ3n) is 2.41. The lowest BCUT2D eigenvalue weighted by Gasteiger charge is -2.29. The van der Waals surface area contributed by atoms with Crippen molar-refractivity contribution < 1.29 is 9.53 Å². The van der Waals surface area contributed by atoms with Crippen LogP contribution in [0.1, 0.15) is 34.1 Å². The largest absolute Gasteiger partial charge is 0.382 e. The zero-order chi connectivity index (χ0) is 12.1. The highest BCUT2D eigenvalue weighted by atomic mass is 16.5. The highest BCUT2D eigenvalue weighted by Gasteiger charge is 2.34. The predicted octanol–water partition coefficient (Wildman–Crippen LogP) is 1.47. The second-order valence-corrected chi connectivity index (χ2v) is 4.57. The molecule has 0 aliphatic carbocycles. The summed E-state index contributed by atoms with van der Waals surface area (Å²) in [7, 11) is 1.58. The third kappa shape index (κ3) is 3.88. The summed E-state index contributed by atoms with van der Waals surface area (Å²) in [5, 5.41) is 11.8. The van der Waals surface area contributed by atoms with Crippen molar-refractivity contribution in [1.82, 2.24) is 5.32 Å². The summed E-state index contributed by atoms with van der Waals surface area (Å²) in [6.45, 7) is 7.62. The average Bonchev–Trinajstić information content (AvgIpc) is 2.15. The number of rotatable bonds is 5. The topological polar surface area (TPSA) is 62.1 Å². The standard InChI is InChI=1S/C11H20N2O2/c1-6-11(4,7-12)9(14)13-10(2,3)8-15-5/h6,8H2,1-5H3,(H,13,14). The summed E-state index contributed by atoms with van der Waals surface area (Å²) >= 11 is 0. The van der Waals surface area contributed by atoms with Crippen molar-refractivity contribution in [1.29, 1.82) is 5.26 Å². The molecule has 0 saturated heterocycles. The SMILES string of the molecule is CCC(C)(C#N)C(=O)NC(C)(C)COC. The van der Waals surface area contributed by atoms with Gasteiger partial charge in [0.15, 0.2) is 0 Å². The van der Waals surface area contributed by atoms with E-state index >= 15 is 0 Å². The fourth-order valence-electron chi connectivity index (χ4n) is 1.13. The number of carbonyl (C=O) groups is 1. The minimum absolute atomic E-state index is 0.241. The number of nitrogens with one attached hydrogen (secondary N) is 1. The van der Waals surface area contributed by atoms with Gasteiger partial charge >= 0.3 is 0 Å². The molecule has 0 aliphatic rings. The first-order valence-electron chi connectivity index (χ1n) is 5.04. The van der Waals surface area contributed by atoms with E-state index in [0.29, 0.717) is 13.0 Å². The molecule has 0 heterocycles. The number of hydrogen-bond acceptors (Lipinski definition) is 3. The van der Waals surface area contributed by atoms with Gasteiger partial charge in [-0.05, 0) is 27.2 Å². The van der Waals surface area contributed by atoms with Crippen molar-refractivity contribution in [2.45, 2.75) is 39.7 Å². The number of carbonyl (C=O) groups excluding carboxylic acids is 1. The fourth-order valence-corrected chi connectivity index (χ4v) is 1.13. The van der Waals surface area contributed by atoms with Crippen LogP contribution in [0.15, 0.2) is 0 Å². The molecular formula is C11H20N2O2. The van der Waals surface area contributed by atoms with E-state index in [-0.39, 0.29) is 5.91 Å². The summed E-state index contributed by atoms with van der Waals surface area (Å²) in [6, 6.07) is 2.04. The molecular weight excluding hydrogens is 192 g/mol. The lowest BCUT2D eigenvalue weighted by molar-refractivity contribution is -0.129. The molecule has 1 N–H and O–H groups in total. The van der Waals surface area contributed by atoms with Gasteiger partial charge < -0.3 is 10.1 Å². The quantitative estimate of drug-likeness (QED) is 0.750. The highest BCUT2D eigenvalue weighted by Crippen LogP contribution is 2.21. The lowest BCUT2D eigenvalue weighted by Crippen LogP contribution is -2.51. The van der Waals surface area contributed by atoms with Gasteiger partial charge in [-0.25, -0.2) is 0 Å². The van der Waals surface area contributed by atoms with Gasteiger partial charge in [-0.1, -0.05) is 6.92 Å². The molecule has 1 amide bonds. The van der Waals surface area contributed by atoms with Crippen LogP contribution >= 0.6 is 0 Å². The van der Waals surface area contributed by atoms with Gasteiger partial charge in [0.05, 0.1) is 18.2 Å². The highest BCUT2D eigenvalue weighted by molar-refractivity contribution is 5.85. The Bertz CT molecular complexity index is 268. The number of ether oxygens (including phenoxy) is 1. The third-order valence-corrected chi connectivity index (χ3v) is 2.41. The van der Waals surface area contributed by atoms with Gasteiger partial charge in [-0.15, -0.1) is 0 Å². The van der Waals surface area contributed by atoms with Crippen molar-refractivity contribution in [3.63, 3.8) is 0 Å². The van der Waals surface area contributed by atoms with Gasteiger partial charge in [0.1, 0.15) is 5.41 Å². The van der Waals surface area contributed by atoms with Crippen LogP contribution in [0.4, 0.5) is 0 Å². The Labute approximate surface area is 91.6 Å². The molecule has 0 aromatic carbocycles. The van der Waals surface area contributed by atoms with E-state index in [1.165, 1.54) is 0 Å². The van der Waals surface area contributed by atoms with Crippen molar-refractivity contribution in [3.05, 3.63) is 0 Å². The van der Waals surface area contributed by atoms with Gasteiger partial charge in [0, 0.05) is 7.11 Å². The molecule has 4 heteroatoms. The van der Waals surface area contributed by atoms with E-state index in [4.69, 9.17) is 10.00 Å². The van der Waals surface area contributed by atoms with Crippen molar-refractivity contribution >= 4 is 5.91 Å². The Morgan fingerprint density at radius 2 is 2.00 bits per heavy atom. The van der Waals surface area contributed by atoms with Crippen molar-refractivity contribution in [3.8, 4) is 6.07 Å². The van der Waals surface area contributed by atoms with E-state index in [2.05, 4.69) is 5.32 Å². The van der Waals surface area contributed by atoms with Gasteiger partial charge in [-0.3, -0.25) is 4.79 Å². The molecule has 1 atom stereocenters. The maximum atomic E-state index is 11.8.